The van der Waals surface area contributed by atoms with Crippen molar-refractivity contribution < 1.29 is 9.59 Å². The second kappa shape index (κ2) is 5.56. The van der Waals surface area contributed by atoms with Gasteiger partial charge in [0.2, 0.25) is 0 Å². The maximum Gasteiger partial charge on any atom is 0.0783 e. The van der Waals surface area contributed by atoms with Gasteiger partial charge < -0.3 is 9.59 Å². The molecule has 0 unspecified atom stereocenters. The quantitative estimate of drug-likeness (QED) is 0.458. The molecule has 0 heterocycles. The van der Waals surface area contributed by atoms with Crippen molar-refractivity contribution in [2.24, 2.45) is 0 Å². The van der Waals surface area contributed by atoms with Gasteiger partial charge in [-0.25, -0.2) is 0 Å². The van der Waals surface area contributed by atoms with Crippen molar-refractivity contribution in [2.75, 3.05) is 33.8 Å². The summed E-state index contributed by atoms with van der Waals surface area (Å²) >= 11 is 0. The Morgan fingerprint density at radius 1 is 1.09 bits per heavy atom. The molecule has 0 radical (unpaired) electrons. The van der Waals surface area contributed by atoms with Crippen LogP contribution >= 0.6 is 0 Å². The highest BCUT2D eigenvalue weighted by Crippen LogP contribution is 2.02. The molecule has 0 saturated carbocycles. The molecule has 2 heteroatoms. The third kappa shape index (κ3) is 6.32. The first-order valence-electron chi connectivity index (χ1n) is 4.55. The average molecular weight is 160 g/mol. The van der Waals surface area contributed by atoms with Crippen LogP contribution < -0.4 is 0 Å². The van der Waals surface area contributed by atoms with Gasteiger partial charge in [0.1, 0.15) is 0 Å². The summed E-state index contributed by atoms with van der Waals surface area (Å²) in [6.07, 6.45) is 3.33. The van der Waals surface area contributed by atoms with E-state index >= 15 is 0 Å². The second-order valence-electron chi connectivity index (χ2n) is 3.81. The van der Waals surface area contributed by atoms with Crippen LogP contribution in [0.2, 0.25) is 0 Å². The number of hydrogen-bond donors (Lipinski definition) is 1. The maximum absolute atomic E-state index is 8.59. The number of hydrogen-bond acceptors (Lipinski definition) is 1. The SMILES string of the molecule is CCC[N+](C)(C)CCCCO. The highest BCUT2D eigenvalue weighted by atomic mass is 16.2. The van der Waals surface area contributed by atoms with Crippen molar-refractivity contribution in [3.63, 3.8) is 0 Å². The smallest absolute Gasteiger partial charge is 0.0783 e. The van der Waals surface area contributed by atoms with Gasteiger partial charge in [0.15, 0.2) is 0 Å². The number of unbranched alkanes of at least 4 members (excludes halogenated alkanes) is 1. The monoisotopic (exact) mass is 160 g/mol. The van der Waals surface area contributed by atoms with Gasteiger partial charge in [0.05, 0.1) is 27.2 Å². The van der Waals surface area contributed by atoms with Crippen LogP contribution in [-0.4, -0.2) is 43.4 Å². The first-order chi connectivity index (χ1) is 5.12. The second-order valence-corrected chi connectivity index (χ2v) is 3.81. The molecule has 0 amide bonds. The van der Waals surface area contributed by atoms with Crippen LogP contribution in [0.1, 0.15) is 26.2 Å². The normalized spacial score (nSPS) is 12.0. The highest BCUT2D eigenvalue weighted by Gasteiger charge is 2.11. The highest BCUT2D eigenvalue weighted by molar-refractivity contribution is 4.37. The zero-order valence-electron chi connectivity index (χ0n) is 8.14. The molecular formula is C9H22NO+. The third-order valence-electron chi connectivity index (χ3n) is 2.00. The molecule has 0 spiro atoms. The predicted octanol–water partition coefficient (Wildman–Crippen LogP) is 1.25. The topological polar surface area (TPSA) is 20.2 Å². The zero-order valence-corrected chi connectivity index (χ0v) is 8.14. The Morgan fingerprint density at radius 2 is 1.73 bits per heavy atom. The lowest BCUT2D eigenvalue weighted by Gasteiger charge is -2.29. The minimum atomic E-state index is 0.339. The minimum absolute atomic E-state index is 0.339. The molecule has 0 atom stereocenters. The van der Waals surface area contributed by atoms with E-state index in [-0.39, 0.29) is 0 Å². The molecule has 0 aliphatic heterocycles. The van der Waals surface area contributed by atoms with E-state index in [1.165, 1.54) is 19.5 Å². The maximum atomic E-state index is 8.59. The summed E-state index contributed by atoms with van der Waals surface area (Å²) in [4.78, 5) is 0. The molecule has 0 aromatic rings. The number of aliphatic hydroxyl groups is 1. The van der Waals surface area contributed by atoms with Gasteiger partial charge in [-0.3, -0.25) is 0 Å². The van der Waals surface area contributed by atoms with Crippen molar-refractivity contribution in [2.45, 2.75) is 26.2 Å². The molecule has 0 saturated heterocycles. The first-order valence-corrected chi connectivity index (χ1v) is 4.55. The van der Waals surface area contributed by atoms with E-state index in [2.05, 4.69) is 21.0 Å². The van der Waals surface area contributed by atoms with Gasteiger partial charge in [0.25, 0.3) is 0 Å². The van der Waals surface area contributed by atoms with Crippen molar-refractivity contribution in [3.8, 4) is 0 Å². The van der Waals surface area contributed by atoms with Crippen LogP contribution in [0.5, 0.6) is 0 Å². The first kappa shape index (κ1) is 10.9. The Labute approximate surface area is 70.4 Å². The van der Waals surface area contributed by atoms with Crippen LogP contribution in [0.15, 0.2) is 0 Å². The van der Waals surface area contributed by atoms with Gasteiger partial charge in [-0.15, -0.1) is 0 Å². The Hall–Kier alpha value is -0.0800. The number of nitrogens with zero attached hydrogens (tertiary/aromatic N) is 1. The molecule has 0 aliphatic rings. The average Bonchev–Trinajstić information content (AvgIpc) is 1.87. The Morgan fingerprint density at radius 3 is 2.18 bits per heavy atom. The van der Waals surface area contributed by atoms with Gasteiger partial charge >= 0.3 is 0 Å². The lowest BCUT2D eigenvalue weighted by molar-refractivity contribution is -0.890. The minimum Gasteiger partial charge on any atom is -0.396 e. The molecule has 11 heavy (non-hydrogen) atoms. The summed E-state index contributed by atoms with van der Waals surface area (Å²) in [6, 6.07) is 0. The van der Waals surface area contributed by atoms with E-state index in [0.717, 1.165) is 17.3 Å². The molecule has 0 aromatic heterocycles. The van der Waals surface area contributed by atoms with Gasteiger partial charge in [-0.2, -0.15) is 0 Å². The van der Waals surface area contributed by atoms with Crippen LogP contribution in [0.3, 0.4) is 0 Å². The number of rotatable bonds is 6. The van der Waals surface area contributed by atoms with E-state index in [9.17, 15) is 0 Å². The van der Waals surface area contributed by atoms with Gasteiger partial charge in [-0.05, 0) is 19.3 Å². The molecule has 0 bridgehead atoms. The lowest BCUT2D eigenvalue weighted by atomic mass is 10.2. The van der Waals surface area contributed by atoms with Crippen molar-refractivity contribution in [3.05, 3.63) is 0 Å². The fraction of sp³-hybridized carbons (Fsp3) is 1.00. The summed E-state index contributed by atoms with van der Waals surface area (Å²) in [5.74, 6) is 0. The van der Waals surface area contributed by atoms with Gasteiger partial charge in [-0.1, -0.05) is 6.92 Å². The summed E-state index contributed by atoms with van der Waals surface area (Å²) in [5.41, 5.74) is 0. The molecule has 0 aliphatic carbocycles. The van der Waals surface area contributed by atoms with E-state index in [4.69, 9.17) is 5.11 Å². The summed E-state index contributed by atoms with van der Waals surface area (Å²) < 4.78 is 1.09. The molecule has 0 fully saturated rings. The fourth-order valence-corrected chi connectivity index (χ4v) is 1.37. The number of aliphatic hydroxyl groups excluding tert-OH is 1. The zero-order chi connectivity index (χ0) is 8.74. The van der Waals surface area contributed by atoms with Crippen molar-refractivity contribution in [1.82, 2.24) is 0 Å². The van der Waals surface area contributed by atoms with E-state index < -0.39 is 0 Å². The largest absolute Gasteiger partial charge is 0.396 e. The summed E-state index contributed by atoms with van der Waals surface area (Å²) in [5, 5.41) is 8.59. The van der Waals surface area contributed by atoms with E-state index in [1.54, 1.807) is 0 Å². The Bertz CT molecular complexity index is 91.6. The van der Waals surface area contributed by atoms with Gasteiger partial charge in [0, 0.05) is 6.61 Å². The molecule has 1 N–H and O–H groups in total. The standard InChI is InChI=1S/C9H22NO/c1-4-7-10(2,3)8-5-6-9-11/h11H,4-9H2,1-3H3/q+1. The summed E-state index contributed by atoms with van der Waals surface area (Å²) in [7, 11) is 4.50. The predicted molar refractivity (Wildman–Crippen MR) is 48.5 cm³/mol. The number of quaternary nitrogens is 1. The fourth-order valence-electron chi connectivity index (χ4n) is 1.37. The molecule has 0 aromatic carbocycles. The molecule has 68 valence electrons. The van der Waals surface area contributed by atoms with E-state index in [1.807, 2.05) is 0 Å². The van der Waals surface area contributed by atoms with E-state index in [0.29, 0.717) is 6.61 Å². The molecule has 0 rings (SSSR count). The molecule has 2 nitrogen and oxygen atoms in total. The third-order valence-corrected chi connectivity index (χ3v) is 2.00. The molecular weight excluding hydrogens is 138 g/mol. The summed E-state index contributed by atoms with van der Waals surface area (Å²) in [6.45, 7) is 4.98. The Kier molecular flexibility index (Phi) is 5.51. The van der Waals surface area contributed by atoms with Crippen LogP contribution in [0, 0.1) is 0 Å². The van der Waals surface area contributed by atoms with Crippen LogP contribution in [0.25, 0.3) is 0 Å². The van der Waals surface area contributed by atoms with Crippen LogP contribution in [0.4, 0.5) is 0 Å². The van der Waals surface area contributed by atoms with Crippen LogP contribution in [-0.2, 0) is 0 Å². The van der Waals surface area contributed by atoms with Crippen molar-refractivity contribution >= 4 is 0 Å². The lowest BCUT2D eigenvalue weighted by Crippen LogP contribution is -2.40. The van der Waals surface area contributed by atoms with Crippen molar-refractivity contribution in [1.29, 1.82) is 0 Å². The Balaban J connectivity index is 3.38.